The number of carbonyl (C=O) groups excluding carboxylic acids is 1. The van der Waals surface area contributed by atoms with Crippen molar-refractivity contribution in [2.24, 2.45) is 0 Å². The normalized spacial score (nSPS) is 13.9. The van der Waals surface area contributed by atoms with Crippen LogP contribution in [0.15, 0.2) is 59.5 Å². The van der Waals surface area contributed by atoms with E-state index in [1.165, 1.54) is 12.8 Å². The number of hydrogen-bond donors (Lipinski definition) is 1. The Labute approximate surface area is 212 Å². The van der Waals surface area contributed by atoms with Crippen molar-refractivity contribution in [2.75, 3.05) is 50.6 Å². The van der Waals surface area contributed by atoms with E-state index in [0.29, 0.717) is 6.54 Å². The molecule has 1 aromatic heterocycles. The molecule has 36 heavy (non-hydrogen) atoms. The highest BCUT2D eigenvalue weighted by Gasteiger charge is 2.20. The van der Waals surface area contributed by atoms with Crippen LogP contribution in [-0.4, -0.2) is 55.8 Å². The minimum atomic E-state index is -0.185. The molecule has 8 nitrogen and oxygen atoms in total. The first-order chi connectivity index (χ1) is 17.3. The molecule has 0 bridgehead atoms. The lowest BCUT2D eigenvalue weighted by Crippen LogP contribution is -2.46. The summed E-state index contributed by atoms with van der Waals surface area (Å²) in [5.41, 5.74) is 4.71. The number of methoxy groups -OCH3 is 2. The maximum Gasteiger partial charge on any atom is 0.244 e. The second-order valence-corrected chi connectivity index (χ2v) is 9.21. The second kappa shape index (κ2) is 11.3. The molecule has 0 atom stereocenters. The van der Waals surface area contributed by atoms with Gasteiger partial charge in [-0.3, -0.25) is 14.5 Å². The van der Waals surface area contributed by atoms with E-state index in [1.807, 2.05) is 42.7 Å². The van der Waals surface area contributed by atoms with Gasteiger partial charge in [-0.25, -0.2) is 0 Å². The summed E-state index contributed by atoms with van der Waals surface area (Å²) in [6.45, 7) is 8.11. The molecule has 4 rings (SSSR count). The van der Waals surface area contributed by atoms with Gasteiger partial charge in [-0.2, -0.15) is 0 Å². The van der Waals surface area contributed by atoms with Crippen LogP contribution in [0, 0.1) is 13.8 Å². The molecular weight excluding hydrogens is 456 g/mol. The first-order valence-corrected chi connectivity index (χ1v) is 12.1. The Kier molecular flexibility index (Phi) is 7.95. The molecule has 0 unspecified atom stereocenters. The number of aromatic nitrogens is 1. The number of nitrogens with zero attached hydrogens (tertiary/aromatic N) is 3. The Bertz CT molecular complexity index is 1240. The summed E-state index contributed by atoms with van der Waals surface area (Å²) in [5, 5.41) is 2.98. The molecule has 1 aliphatic heterocycles. The molecule has 1 saturated heterocycles. The van der Waals surface area contributed by atoms with Crippen molar-refractivity contribution in [2.45, 2.75) is 26.9 Å². The summed E-state index contributed by atoms with van der Waals surface area (Å²) in [4.78, 5) is 30.1. The molecule has 0 saturated carbocycles. The van der Waals surface area contributed by atoms with Gasteiger partial charge >= 0.3 is 0 Å². The van der Waals surface area contributed by atoms with Crippen LogP contribution in [0.5, 0.6) is 11.5 Å². The number of nitrogens with one attached hydrogen (secondary N) is 1. The first kappa shape index (κ1) is 25.3. The zero-order chi connectivity index (χ0) is 25.7. The minimum absolute atomic E-state index is 0.0881. The number of piperazine rings is 1. The predicted molar refractivity (Wildman–Crippen MR) is 142 cm³/mol. The van der Waals surface area contributed by atoms with Crippen LogP contribution < -0.4 is 25.1 Å². The molecule has 0 spiro atoms. The van der Waals surface area contributed by atoms with Crippen molar-refractivity contribution >= 4 is 17.3 Å². The van der Waals surface area contributed by atoms with Gasteiger partial charge in [0.1, 0.15) is 12.3 Å². The summed E-state index contributed by atoms with van der Waals surface area (Å²) >= 11 is 0. The van der Waals surface area contributed by atoms with Crippen molar-refractivity contribution in [3.8, 4) is 11.5 Å². The molecule has 3 aromatic rings. The van der Waals surface area contributed by atoms with Crippen molar-refractivity contribution in [1.29, 1.82) is 0 Å². The summed E-state index contributed by atoms with van der Waals surface area (Å²) in [7, 11) is 3.13. The third-order valence-corrected chi connectivity index (χ3v) is 6.42. The molecule has 1 fully saturated rings. The molecule has 1 amide bonds. The van der Waals surface area contributed by atoms with E-state index in [2.05, 4.69) is 33.3 Å². The van der Waals surface area contributed by atoms with Crippen LogP contribution in [-0.2, 0) is 17.9 Å². The number of aryl methyl sites for hydroxylation is 2. The van der Waals surface area contributed by atoms with Crippen LogP contribution in [0.25, 0.3) is 0 Å². The smallest absolute Gasteiger partial charge is 0.244 e. The maximum atomic E-state index is 12.9. The fourth-order valence-corrected chi connectivity index (χ4v) is 4.62. The van der Waals surface area contributed by atoms with E-state index < -0.39 is 0 Å². The molecule has 190 valence electrons. The standard InChI is InChI=1S/C28H34N4O4/c1-20-13-21(2)15-22(14-20)29-28(34)19-32-18-27(36-4)26(33)16-24(32)17-30-9-11-31(12-10-30)23-5-7-25(35-3)8-6-23/h5-8,13-16,18H,9-12,17,19H2,1-4H3,(H,29,34). The minimum Gasteiger partial charge on any atom is -0.497 e. The van der Waals surface area contributed by atoms with Crippen LogP contribution in [0.4, 0.5) is 11.4 Å². The summed E-state index contributed by atoms with van der Waals surface area (Å²) in [5.74, 6) is 0.912. The van der Waals surface area contributed by atoms with Crippen molar-refractivity contribution in [3.63, 3.8) is 0 Å². The van der Waals surface area contributed by atoms with Gasteiger partial charge in [-0.15, -0.1) is 0 Å². The Balaban J connectivity index is 1.44. The van der Waals surface area contributed by atoms with Gasteiger partial charge in [0.2, 0.25) is 11.3 Å². The van der Waals surface area contributed by atoms with Gasteiger partial charge in [0.25, 0.3) is 0 Å². The Morgan fingerprint density at radius 1 is 0.917 bits per heavy atom. The van der Waals surface area contributed by atoms with Gasteiger partial charge in [0.15, 0.2) is 5.75 Å². The molecule has 0 radical (unpaired) electrons. The van der Waals surface area contributed by atoms with Crippen LogP contribution in [0.1, 0.15) is 16.8 Å². The van der Waals surface area contributed by atoms with Gasteiger partial charge < -0.3 is 24.3 Å². The summed E-state index contributed by atoms with van der Waals surface area (Å²) in [6.07, 6.45) is 1.63. The SMILES string of the molecule is COc1ccc(N2CCN(Cc3cc(=O)c(OC)cn3CC(=O)Nc3cc(C)cc(C)c3)CC2)cc1. The van der Waals surface area contributed by atoms with E-state index in [-0.39, 0.29) is 23.6 Å². The summed E-state index contributed by atoms with van der Waals surface area (Å²) < 4.78 is 12.3. The zero-order valence-corrected chi connectivity index (χ0v) is 21.4. The molecule has 2 aromatic carbocycles. The molecule has 1 N–H and O–H groups in total. The number of benzene rings is 2. The lowest BCUT2D eigenvalue weighted by molar-refractivity contribution is -0.116. The number of carbonyl (C=O) groups is 1. The Morgan fingerprint density at radius 3 is 2.19 bits per heavy atom. The fourth-order valence-electron chi connectivity index (χ4n) is 4.62. The number of anilines is 2. The van der Waals surface area contributed by atoms with E-state index in [1.54, 1.807) is 19.4 Å². The number of rotatable bonds is 8. The van der Waals surface area contributed by atoms with Gasteiger partial charge in [0.05, 0.1) is 20.4 Å². The highest BCUT2D eigenvalue weighted by atomic mass is 16.5. The van der Waals surface area contributed by atoms with E-state index in [0.717, 1.165) is 54.4 Å². The fraction of sp³-hybridized carbons (Fsp3) is 0.357. The predicted octanol–water partition coefficient (Wildman–Crippen LogP) is 3.44. The zero-order valence-electron chi connectivity index (χ0n) is 21.4. The lowest BCUT2D eigenvalue weighted by atomic mass is 10.1. The third kappa shape index (κ3) is 6.26. The quantitative estimate of drug-likeness (QED) is 0.521. The third-order valence-electron chi connectivity index (χ3n) is 6.42. The highest BCUT2D eigenvalue weighted by Crippen LogP contribution is 2.21. The van der Waals surface area contributed by atoms with Gasteiger partial charge in [-0.1, -0.05) is 6.07 Å². The molecular formula is C28H34N4O4. The van der Waals surface area contributed by atoms with Crippen LogP contribution in [0.3, 0.4) is 0 Å². The average Bonchev–Trinajstić information content (AvgIpc) is 2.85. The highest BCUT2D eigenvalue weighted by molar-refractivity contribution is 5.90. The number of hydrogen-bond acceptors (Lipinski definition) is 6. The Morgan fingerprint density at radius 2 is 1.58 bits per heavy atom. The molecule has 1 aliphatic rings. The summed E-state index contributed by atoms with van der Waals surface area (Å²) in [6, 6.07) is 15.6. The van der Waals surface area contributed by atoms with Crippen molar-refractivity contribution < 1.29 is 14.3 Å². The van der Waals surface area contributed by atoms with E-state index >= 15 is 0 Å². The van der Waals surface area contributed by atoms with Crippen molar-refractivity contribution in [1.82, 2.24) is 9.47 Å². The number of amides is 1. The lowest BCUT2D eigenvalue weighted by Gasteiger charge is -2.36. The maximum absolute atomic E-state index is 12.9. The largest absolute Gasteiger partial charge is 0.497 e. The van der Waals surface area contributed by atoms with Gasteiger partial charge in [-0.05, 0) is 61.4 Å². The van der Waals surface area contributed by atoms with Crippen molar-refractivity contribution in [3.05, 3.63) is 81.8 Å². The second-order valence-electron chi connectivity index (χ2n) is 9.21. The first-order valence-electron chi connectivity index (χ1n) is 12.1. The van der Waals surface area contributed by atoms with E-state index in [9.17, 15) is 9.59 Å². The molecule has 2 heterocycles. The number of pyridine rings is 1. The topological polar surface area (TPSA) is 76.0 Å². The number of ether oxygens (including phenoxy) is 2. The Hall–Kier alpha value is -3.78. The van der Waals surface area contributed by atoms with E-state index in [4.69, 9.17) is 9.47 Å². The average molecular weight is 491 g/mol. The molecule has 0 aliphatic carbocycles. The van der Waals surface area contributed by atoms with Crippen LogP contribution in [0.2, 0.25) is 0 Å². The van der Waals surface area contributed by atoms with Crippen LogP contribution >= 0.6 is 0 Å². The molecule has 8 heteroatoms. The van der Waals surface area contributed by atoms with Gasteiger partial charge in [0, 0.05) is 55.9 Å². The monoisotopic (exact) mass is 490 g/mol.